The minimum absolute atomic E-state index is 0.0677. The Morgan fingerprint density at radius 2 is 1.67 bits per heavy atom. The second kappa shape index (κ2) is 10.5. The van der Waals surface area contributed by atoms with Gasteiger partial charge in [0.05, 0.1) is 0 Å². The fourth-order valence-electron chi connectivity index (χ4n) is 4.17. The van der Waals surface area contributed by atoms with Crippen LogP contribution < -0.4 is 0 Å². The Balaban J connectivity index is 1.60. The third kappa shape index (κ3) is 6.62. The second-order valence-electron chi connectivity index (χ2n) is 7.28. The Bertz CT molecular complexity index is 500. The number of hydrogen-bond donors (Lipinski definition) is 1. The van der Waals surface area contributed by atoms with Crippen LogP contribution in [0.5, 0.6) is 0 Å². The highest BCUT2D eigenvalue weighted by molar-refractivity contribution is 5.66. The number of unbranched alkanes of at least 4 members (excludes halogenated alkanes) is 3. The summed E-state index contributed by atoms with van der Waals surface area (Å²) in [6, 6.07) is 7.13. The molecule has 1 aromatic rings. The van der Waals surface area contributed by atoms with Crippen LogP contribution in [0, 0.1) is 17.7 Å². The topological polar surface area (TPSA) is 37.3 Å². The minimum atomic E-state index is -0.680. The molecule has 0 heterocycles. The van der Waals surface area contributed by atoms with E-state index in [1.165, 1.54) is 38.5 Å². The zero-order valence-electron chi connectivity index (χ0n) is 14.7. The van der Waals surface area contributed by atoms with Gasteiger partial charge in [0.1, 0.15) is 5.82 Å². The number of carboxylic acids is 1. The zero-order valence-corrected chi connectivity index (χ0v) is 14.7. The Morgan fingerprint density at radius 1 is 1.00 bits per heavy atom. The maximum absolute atomic E-state index is 13.6. The van der Waals surface area contributed by atoms with Gasteiger partial charge in [-0.15, -0.1) is 0 Å². The van der Waals surface area contributed by atoms with Gasteiger partial charge in [-0.05, 0) is 49.1 Å². The lowest BCUT2D eigenvalue weighted by molar-refractivity contribution is -0.137. The van der Waals surface area contributed by atoms with Crippen molar-refractivity contribution < 1.29 is 14.3 Å². The number of aliphatic carboxylic acids is 1. The van der Waals surface area contributed by atoms with E-state index in [1.54, 1.807) is 12.1 Å². The van der Waals surface area contributed by atoms with E-state index < -0.39 is 5.97 Å². The van der Waals surface area contributed by atoms with Crippen LogP contribution in [0.25, 0.3) is 0 Å². The lowest BCUT2D eigenvalue weighted by atomic mass is 9.86. The Labute approximate surface area is 145 Å². The summed E-state index contributed by atoms with van der Waals surface area (Å²) in [4.78, 5) is 10.5. The monoisotopic (exact) mass is 334 g/mol. The highest BCUT2D eigenvalue weighted by Gasteiger charge is 2.26. The number of benzene rings is 1. The molecule has 1 aliphatic carbocycles. The number of rotatable bonds is 11. The Kier molecular flexibility index (Phi) is 8.27. The molecule has 1 saturated carbocycles. The number of halogens is 1. The van der Waals surface area contributed by atoms with Crippen molar-refractivity contribution in [2.75, 3.05) is 0 Å². The summed E-state index contributed by atoms with van der Waals surface area (Å²) in [5, 5.41) is 8.64. The van der Waals surface area contributed by atoms with Gasteiger partial charge in [0.2, 0.25) is 0 Å². The number of aryl methyl sites for hydroxylation is 1. The zero-order chi connectivity index (χ0) is 17.2. The molecule has 3 heteroatoms. The van der Waals surface area contributed by atoms with Crippen LogP contribution in [0.15, 0.2) is 24.3 Å². The summed E-state index contributed by atoms with van der Waals surface area (Å²) < 4.78 is 13.6. The third-order valence-electron chi connectivity index (χ3n) is 5.51. The maximum atomic E-state index is 13.6. The first-order chi connectivity index (χ1) is 11.7. The molecule has 1 N–H and O–H groups in total. The molecule has 2 rings (SSSR count). The molecule has 2 atom stereocenters. The second-order valence-corrected chi connectivity index (χ2v) is 7.28. The molecule has 0 aromatic heterocycles. The molecule has 1 aliphatic rings. The van der Waals surface area contributed by atoms with E-state index in [4.69, 9.17) is 5.11 Å². The highest BCUT2D eigenvalue weighted by Crippen LogP contribution is 2.38. The summed E-state index contributed by atoms with van der Waals surface area (Å²) in [7, 11) is 0. The van der Waals surface area contributed by atoms with Gasteiger partial charge in [0.15, 0.2) is 0 Å². The van der Waals surface area contributed by atoms with Crippen molar-refractivity contribution in [2.24, 2.45) is 11.8 Å². The van der Waals surface area contributed by atoms with Crippen molar-refractivity contribution >= 4 is 5.97 Å². The molecule has 134 valence electrons. The van der Waals surface area contributed by atoms with E-state index >= 15 is 0 Å². The lowest BCUT2D eigenvalue weighted by Crippen LogP contribution is -2.08. The minimum Gasteiger partial charge on any atom is -0.481 e. The van der Waals surface area contributed by atoms with E-state index in [0.717, 1.165) is 49.5 Å². The average Bonchev–Trinajstić information content (AvgIpc) is 3.00. The van der Waals surface area contributed by atoms with Crippen LogP contribution in [-0.2, 0) is 11.2 Å². The molecule has 0 radical (unpaired) electrons. The van der Waals surface area contributed by atoms with Gasteiger partial charge in [-0.3, -0.25) is 4.79 Å². The third-order valence-corrected chi connectivity index (χ3v) is 5.51. The fraction of sp³-hybridized carbons (Fsp3) is 0.667. The average molecular weight is 334 g/mol. The number of carboxylic acid groups (broad SMARTS) is 1. The molecule has 1 aromatic carbocycles. The van der Waals surface area contributed by atoms with Crippen molar-refractivity contribution in [1.29, 1.82) is 0 Å². The normalized spacial score (nSPS) is 20.4. The largest absolute Gasteiger partial charge is 0.481 e. The molecule has 0 amide bonds. The van der Waals surface area contributed by atoms with Crippen LogP contribution in [0.1, 0.15) is 76.2 Å². The van der Waals surface area contributed by atoms with Crippen molar-refractivity contribution in [2.45, 2.75) is 77.0 Å². The Hall–Kier alpha value is -1.38. The van der Waals surface area contributed by atoms with Gasteiger partial charge in [-0.25, -0.2) is 4.39 Å². The van der Waals surface area contributed by atoms with Crippen molar-refractivity contribution in [1.82, 2.24) is 0 Å². The van der Waals surface area contributed by atoms with Gasteiger partial charge in [-0.1, -0.05) is 63.1 Å². The first-order valence-electron chi connectivity index (χ1n) is 9.62. The molecule has 0 unspecified atom stereocenters. The summed E-state index contributed by atoms with van der Waals surface area (Å²) >= 11 is 0. The van der Waals surface area contributed by atoms with Crippen LogP contribution in [0.4, 0.5) is 4.39 Å². The number of carbonyl (C=O) groups is 1. The van der Waals surface area contributed by atoms with Crippen LogP contribution in [0.2, 0.25) is 0 Å². The molecular formula is C21H31FO2. The van der Waals surface area contributed by atoms with Gasteiger partial charge in [-0.2, -0.15) is 0 Å². The first kappa shape index (κ1) is 19.0. The predicted molar refractivity (Wildman–Crippen MR) is 95.5 cm³/mol. The van der Waals surface area contributed by atoms with Gasteiger partial charge < -0.3 is 5.11 Å². The summed E-state index contributed by atoms with van der Waals surface area (Å²) in [5.74, 6) is 0.906. The lowest BCUT2D eigenvalue weighted by Gasteiger charge is -2.19. The van der Waals surface area contributed by atoms with E-state index in [-0.39, 0.29) is 5.82 Å². The van der Waals surface area contributed by atoms with Crippen molar-refractivity contribution in [3.05, 3.63) is 35.6 Å². The van der Waals surface area contributed by atoms with E-state index in [1.807, 2.05) is 12.1 Å². The summed E-state index contributed by atoms with van der Waals surface area (Å²) in [5.41, 5.74) is 0.852. The highest BCUT2D eigenvalue weighted by atomic mass is 19.1. The van der Waals surface area contributed by atoms with Gasteiger partial charge in [0.25, 0.3) is 0 Å². The number of hydrogen-bond acceptors (Lipinski definition) is 1. The smallest absolute Gasteiger partial charge is 0.303 e. The summed E-state index contributed by atoms with van der Waals surface area (Å²) in [6.45, 7) is 0. The van der Waals surface area contributed by atoms with E-state index in [0.29, 0.717) is 6.42 Å². The van der Waals surface area contributed by atoms with Crippen LogP contribution in [0.3, 0.4) is 0 Å². The predicted octanol–water partition coefficient (Wildman–Crippen LogP) is 5.99. The van der Waals surface area contributed by atoms with Crippen molar-refractivity contribution in [3.63, 3.8) is 0 Å². The van der Waals surface area contributed by atoms with Gasteiger partial charge >= 0.3 is 5.97 Å². The Morgan fingerprint density at radius 3 is 2.38 bits per heavy atom. The molecule has 24 heavy (non-hydrogen) atoms. The fourth-order valence-corrected chi connectivity index (χ4v) is 4.17. The van der Waals surface area contributed by atoms with E-state index in [9.17, 15) is 9.18 Å². The van der Waals surface area contributed by atoms with Gasteiger partial charge in [0, 0.05) is 6.42 Å². The quantitative estimate of drug-likeness (QED) is 0.505. The molecule has 0 aliphatic heterocycles. The van der Waals surface area contributed by atoms with Crippen LogP contribution >= 0.6 is 0 Å². The van der Waals surface area contributed by atoms with E-state index in [2.05, 4.69) is 0 Å². The molecule has 1 fully saturated rings. The molecule has 0 spiro atoms. The maximum Gasteiger partial charge on any atom is 0.303 e. The first-order valence-corrected chi connectivity index (χ1v) is 9.62. The standard InChI is InChI=1S/C21H31FO2/c22-20-15-6-5-10-19(20)14-8-13-18-12-7-11-17(18)9-3-1-2-4-16-21(23)24/h5-6,10,15,17-18H,1-4,7-9,11-14,16H2,(H,23,24)/t17-,18+/m0/s1. The SMILES string of the molecule is O=C(O)CCCCCC[C@H]1CCC[C@@H]1CCCc1ccccc1F. The summed E-state index contributed by atoms with van der Waals surface area (Å²) in [6.07, 6.45) is 13.0. The molecule has 0 bridgehead atoms. The molecule has 2 nitrogen and oxygen atoms in total. The molecular weight excluding hydrogens is 303 g/mol. The van der Waals surface area contributed by atoms with Crippen molar-refractivity contribution in [3.8, 4) is 0 Å². The van der Waals surface area contributed by atoms with Crippen LogP contribution in [-0.4, -0.2) is 11.1 Å². The molecule has 0 saturated heterocycles.